The van der Waals surface area contributed by atoms with E-state index < -0.39 is 0 Å². The van der Waals surface area contributed by atoms with Crippen LogP contribution in [0, 0.1) is 0 Å². The first-order valence-electron chi connectivity index (χ1n) is 8.58. The van der Waals surface area contributed by atoms with Crippen molar-refractivity contribution in [3.05, 3.63) is 42.7 Å². The average Bonchev–Trinajstić information content (AvgIpc) is 2.69. The highest BCUT2D eigenvalue weighted by Crippen LogP contribution is 2.34. The number of anilines is 2. The van der Waals surface area contributed by atoms with Crippen LogP contribution in [0.2, 0.25) is 0 Å². The fraction of sp³-hybridized carbons (Fsp3) is 0.389. The lowest BCUT2D eigenvalue weighted by Crippen LogP contribution is -2.52. The van der Waals surface area contributed by atoms with Gasteiger partial charge < -0.3 is 14.7 Å². The molecule has 130 valence electrons. The standard InChI is InChI=1S/C18H21N5OS/c24-17(14-23-12-13-25-16-5-2-1-4-15(16)23)21-8-10-22(11-9-21)18-19-6-3-7-20-18/h1-7H,8-14H2. The monoisotopic (exact) mass is 355 g/mol. The highest BCUT2D eigenvalue weighted by Gasteiger charge is 2.25. The van der Waals surface area contributed by atoms with Gasteiger partial charge in [0.2, 0.25) is 11.9 Å². The molecule has 4 rings (SSSR count). The van der Waals surface area contributed by atoms with Gasteiger partial charge in [-0.1, -0.05) is 12.1 Å². The predicted molar refractivity (Wildman–Crippen MR) is 100 cm³/mol. The molecule has 0 atom stereocenters. The topological polar surface area (TPSA) is 52.6 Å². The molecule has 1 aromatic carbocycles. The number of rotatable bonds is 3. The van der Waals surface area contributed by atoms with E-state index in [2.05, 4.69) is 38.0 Å². The first kappa shape index (κ1) is 16.2. The Morgan fingerprint density at radius 2 is 1.76 bits per heavy atom. The molecular weight excluding hydrogens is 334 g/mol. The number of carbonyl (C=O) groups excluding carboxylic acids is 1. The zero-order chi connectivity index (χ0) is 17.1. The van der Waals surface area contributed by atoms with E-state index in [0.717, 1.165) is 44.4 Å². The summed E-state index contributed by atoms with van der Waals surface area (Å²) in [5.74, 6) is 1.98. The lowest BCUT2D eigenvalue weighted by molar-refractivity contribution is -0.130. The van der Waals surface area contributed by atoms with Crippen LogP contribution in [0.1, 0.15) is 0 Å². The van der Waals surface area contributed by atoms with Crippen molar-refractivity contribution in [1.82, 2.24) is 14.9 Å². The third kappa shape index (κ3) is 3.56. The van der Waals surface area contributed by atoms with Crippen LogP contribution in [0.15, 0.2) is 47.6 Å². The highest BCUT2D eigenvalue weighted by molar-refractivity contribution is 7.99. The molecule has 1 amide bonds. The molecule has 0 aliphatic carbocycles. The lowest BCUT2D eigenvalue weighted by Gasteiger charge is -2.37. The molecule has 7 heteroatoms. The fourth-order valence-electron chi connectivity index (χ4n) is 3.26. The molecule has 0 bridgehead atoms. The van der Waals surface area contributed by atoms with Crippen LogP contribution in [0.25, 0.3) is 0 Å². The summed E-state index contributed by atoms with van der Waals surface area (Å²) in [4.78, 5) is 28.9. The maximum Gasteiger partial charge on any atom is 0.242 e. The smallest absolute Gasteiger partial charge is 0.242 e. The number of hydrogen-bond acceptors (Lipinski definition) is 6. The molecule has 1 aromatic heterocycles. The largest absolute Gasteiger partial charge is 0.360 e. The molecule has 0 unspecified atom stereocenters. The Morgan fingerprint density at radius 3 is 2.56 bits per heavy atom. The molecule has 0 N–H and O–H groups in total. The molecule has 6 nitrogen and oxygen atoms in total. The minimum atomic E-state index is 0.204. The second kappa shape index (κ2) is 7.31. The summed E-state index contributed by atoms with van der Waals surface area (Å²) in [5.41, 5.74) is 1.18. The van der Waals surface area contributed by atoms with E-state index in [4.69, 9.17) is 0 Å². The van der Waals surface area contributed by atoms with E-state index >= 15 is 0 Å². The molecule has 1 saturated heterocycles. The fourth-order valence-corrected chi connectivity index (χ4v) is 4.32. The number of fused-ring (bicyclic) bond motifs is 1. The van der Waals surface area contributed by atoms with Gasteiger partial charge in [0.25, 0.3) is 0 Å². The summed E-state index contributed by atoms with van der Waals surface area (Å²) in [6, 6.07) is 10.2. The van der Waals surface area contributed by atoms with Crippen LogP contribution in [-0.2, 0) is 4.79 Å². The number of para-hydroxylation sites is 1. The SMILES string of the molecule is O=C(CN1CCSc2ccccc21)N1CCN(c2ncccn2)CC1. The van der Waals surface area contributed by atoms with Crippen LogP contribution in [-0.4, -0.2) is 65.8 Å². The van der Waals surface area contributed by atoms with Crippen molar-refractivity contribution in [2.45, 2.75) is 4.90 Å². The molecule has 2 aliphatic rings. The van der Waals surface area contributed by atoms with Crippen molar-refractivity contribution in [2.24, 2.45) is 0 Å². The van der Waals surface area contributed by atoms with Crippen LogP contribution >= 0.6 is 11.8 Å². The van der Waals surface area contributed by atoms with Crippen molar-refractivity contribution >= 4 is 29.3 Å². The minimum Gasteiger partial charge on any atom is -0.360 e. The molecule has 0 radical (unpaired) electrons. The van der Waals surface area contributed by atoms with Crippen molar-refractivity contribution < 1.29 is 4.79 Å². The summed E-state index contributed by atoms with van der Waals surface area (Å²) in [7, 11) is 0. The van der Waals surface area contributed by atoms with Crippen LogP contribution in [0.4, 0.5) is 11.6 Å². The summed E-state index contributed by atoms with van der Waals surface area (Å²) in [6.45, 7) is 4.39. The van der Waals surface area contributed by atoms with E-state index in [1.54, 1.807) is 12.4 Å². The number of thioether (sulfide) groups is 1. The Morgan fingerprint density at radius 1 is 1.00 bits per heavy atom. The second-order valence-corrected chi connectivity index (χ2v) is 7.29. The average molecular weight is 355 g/mol. The van der Waals surface area contributed by atoms with Crippen molar-refractivity contribution in [2.75, 3.05) is 54.8 Å². The Bertz CT molecular complexity index is 733. The Labute approximate surface area is 151 Å². The van der Waals surface area contributed by atoms with Crippen molar-refractivity contribution in [3.63, 3.8) is 0 Å². The zero-order valence-electron chi connectivity index (χ0n) is 14.0. The molecule has 0 saturated carbocycles. The summed E-state index contributed by atoms with van der Waals surface area (Å²) >= 11 is 1.87. The first-order valence-corrected chi connectivity index (χ1v) is 9.56. The Hall–Kier alpha value is -2.28. The molecule has 1 fully saturated rings. The molecular formula is C18H21N5OS. The summed E-state index contributed by atoms with van der Waals surface area (Å²) in [6.07, 6.45) is 3.51. The number of aromatic nitrogens is 2. The normalized spacial score (nSPS) is 17.4. The predicted octanol–water partition coefficient (Wildman–Crippen LogP) is 1.74. The summed E-state index contributed by atoms with van der Waals surface area (Å²) < 4.78 is 0. The van der Waals surface area contributed by atoms with E-state index in [1.807, 2.05) is 28.8 Å². The highest BCUT2D eigenvalue weighted by atomic mass is 32.2. The van der Waals surface area contributed by atoms with Gasteiger partial charge in [0.15, 0.2) is 0 Å². The lowest BCUT2D eigenvalue weighted by atomic mass is 10.2. The molecule has 2 aromatic rings. The number of hydrogen-bond donors (Lipinski definition) is 0. The van der Waals surface area contributed by atoms with Gasteiger partial charge in [0.05, 0.1) is 12.2 Å². The summed E-state index contributed by atoms with van der Waals surface area (Å²) in [5, 5.41) is 0. The second-order valence-electron chi connectivity index (χ2n) is 6.15. The third-order valence-electron chi connectivity index (χ3n) is 4.62. The maximum atomic E-state index is 12.7. The molecule has 25 heavy (non-hydrogen) atoms. The zero-order valence-corrected chi connectivity index (χ0v) is 14.9. The van der Waals surface area contributed by atoms with Crippen LogP contribution in [0.5, 0.6) is 0 Å². The number of benzene rings is 1. The van der Waals surface area contributed by atoms with E-state index in [-0.39, 0.29) is 5.91 Å². The van der Waals surface area contributed by atoms with Crippen molar-refractivity contribution in [1.29, 1.82) is 0 Å². The van der Waals surface area contributed by atoms with Crippen LogP contribution < -0.4 is 9.80 Å². The maximum absolute atomic E-state index is 12.7. The van der Waals surface area contributed by atoms with Gasteiger partial charge in [-0.25, -0.2) is 9.97 Å². The Balaban J connectivity index is 1.36. The van der Waals surface area contributed by atoms with E-state index in [9.17, 15) is 4.79 Å². The minimum absolute atomic E-state index is 0.204. The Kier molecular flexibility index (Phi) is 4.74. The van der Waals surface area contributed by atoms with Gasteiger partial charge in [-0.15, -0.1) is 11.8 Å². The number of amides is 1. The van der Waals surface area contributed by atoms with Crippen LogP contribution in [0.3, 0.4) is 0 Å². The van der Waals surface area contributed by atoms with Gasteiger partial charge in [0, 0.05) is 55.8 Å². The van der Waals surface area contributed by atoms with Gasteiger partial charge in [-0.05, 0) is 18.2 Å². The number of nitrogens with zero attached hydrogens (tertiary/aromatic N) is 5. The van der Waals surface area contributed by atoms with E-state index in [1.165, 1.54) is 10.6 Å². The number of piperazine rings is 1. The number of carbonyl (C=O) groups is 1. The van der Waals surface area contributed by atoms with Gasteiger partial charge in [-0.2, -0.15) is 0 Å². The first-order chi connectivity index (χ1) is 12.3. The van der Waals surface area contributed by atoms with Crippen molar-refractivity contribution in [3.8, 4) is 0 Å². The third-order valence-corrected chi connectivity index (χ3v) is 5.66. The molecule has 0 spiro atoms. The van der Waals surface area contributed by atoms with Gasteiger partial charge >= 0.3 is 0 Å². The molecule has 2 aliphatic heterocycles. The van der Waals surface area contributed by atoms with Gasteiger partial charge in [0.1, 0.15) is 0 Å². The quantitative estimate of drug-likeness (QED) is 0.836. The van der Waals surface area contributed by atoms with E-state index in [0.29, 0.717) is 6.54 Å². The van der Waals surface area contributed by atoms with Gasteiger partial charge in [-0.3, -0.25) is 4.79 Å². The molecule has 3 heterocycles.